The van der Waals surface area contributed by atoms with Crippen LogP contribution in [0.3, 0.4) is 0 Å². The minimum Gasteiger partial charge on any atom is -0.466 e. The van der Waals surface area contributed by atoms with Crippen molar-refractivity contribution >= 4 is 32.5 Å². The van der Waals surface area contributed by atoms with Gasteiger partial charge >= 0.3 is 12.1 Å². The average Bonchev–Trinajstić information content (AvgIpc) is 2.93. The van der Waals surface area contributed by atoms with Gasteiger partial charge in [-0.25, -0.2) is 13.4 Å². The topological polar surface area (TPSA) is 85.4 Å². The lowest BCUT2D eigenvalue weighted by atomic mass is 10.2. The van der Waals surface area contributed by atoms with Gasteiger partial charge in [0.1, 0.15) is 0 Å². The molecule has 0 saturated heterocycles. The molecule has 2 aromatic rings. The van der Waals surface area contributed by atoms with Crippen LogP contribution in [0.4, 0.5) is 18.3 Å². The Balaban J connectivity index is 2.17. The Hall–Kier alpha value is -2.14. The molecule has 0 saturated carbocycles. The highest BCUT2D eigenvalue weighted by atomic mass is 32.2. The summed E-state index contributed by atoms with van der Waals surface area (Å²) in [6.45, 7) is 1.87. The Kier molecular flexibility index (Phi) is 5.68. The molecule has 0 amide bonds. The number of carbonyl (C=O) groups is 1. The van der Waals surface area contributed by atoms with Gasteiger partial charge in [-0.3, -0.25) is 9.52 Å². The van der Waals surface area contributed by atoms with Crippen LogP contribution in [0.1, 0.15) is 17.4 Å². The van der Waals surface area contributed by atoms with Crippen molar-refractivity contribution in [2.45, 2.75) is 24.4 Å². The van der Waals surface area contributed by atoms with Crippen molar-refractivity contribution in [1.29, 1.82) is 0 Å². The molecular weight excluding hydrogens is 381 g/mol. The molecule has 1 aromatic carbocycles. The van der Waals surface area contributed by atoms with Gasteiger partial charge in [0.05, 0.1) is 23.5 Å². The van der Waals surface area contributed by atoms with Crippen LogP contribution in [-0.4, -0.2) is 26.0 Å². The van der Waals surface area contributed by atoms with E-state index in [1.807, 2.05) is 0 Å². The highest BCUT2D eigenvalue weighted by molar-refractivity contribution is 7.93. The molecule has 11 heteroatoms. The lowest BCUT2D eigenvalue weighted by Crippen LogP contribution is -2.14. The molecule has 0 spiro atoms. The second-order valence-electron chi connectivity index (χ2n) is 4.74. The number of alkyl halides is 3. The van der Waals surface area contributed by atoms with Crippen LogP contribution in [0, 0.1) is 0 Å². The summed E-state index contributed by atoms with van der Waals surface area (Å²) in [5.74, 6) is -0.488. The standard InChI is InChI=1S/C14H13F3N2O4S2/c1-2-23-12(20)7-10-8-18-13(24-10)19-25(21,22)11-5-3-4-9(6-11)14(15,16)17/h3-6,8H,2,7H2,1H3,(H,18,19). The number of sulfonamides is 1. The Morgan fingerprint density at radius 1 is 1.36 bits per heavy atom. The molecule has 0 fully saturated rings. The number of rotatable bonds is 6. The van der Waals surface area contributed by atoms with Crippen LogP contribution < -0.4 is 4.72 Å². The number of carbonyl (C=O) groups excluding carboxylic acids is 1. The molecular formula is C14H13F3N2O4S2. The SMILES string of the molecule is CCOC(=O)Cc1cnc(NS(=O)(=O)c2cccc(C(F)(F)F)c2)s1. The van der Waals surface area contributed by atoms with Crippen molar-refractivity contribution in [3.63, 3.8) is 0 Å². The predicted octanol–water partition coefficient (Wildman–Crippen LogP) is 3.07. The summed E-state index contributed by atoms with van der Waals surface area (Å²) in [4.78, 5) is 15.1. The number of aromatic nitrogens is 1. The van der Waals surface area contributed by atoms with Crippen LogP contribution in [0.2, 0.25) is 0 Å². The van der Waals surface area contributed by atoms with E-state index in [1.54, 1.807) is 6.92 Å². The van der Waals surface area contributed by atoms with Gasteiger partial charge < -0.3 is 4.74 Å². The Morgan fingerprint density at radius 2 is 2.08 bits per heavy atom. The minimum absolute atomic E-state index is 0.0586. The first kappa shape index (κ1) is 19.2. The molecule has 0 radical (unpaired) electrons. The van der Waals surface area contributed by atoms with E-state index in [0.29, 0.717) is 10.9 Å². The zero-order chi connectivity index (χ0) is 18.7. The van der Waals surface area contributed by atoms with Gasteiger partial charge in [0.2, 0.25) is 0 Å². The summed E-state index contributed by atoms with van der Waals surface area (Å²) in [5.41, 5.74) is -1.07. The van der Waals surface area contributed by atoms with E-state index in [1.165, 1.54) is 6.20 Å². The van der Waals surface area contributed by atoms with E-state index in [-0.39, 0.29) is 18.2 Å². The Labute approximate surface area is 145 Å². The molecule has 2 rings (SSSR count). The normalized spacial score (nSPS) is 12.0. The van der Waals surface area contributed by atoms with Gasteiger partial charge in [-0.2, -0.15) is 13.2 Å². The molecule has 0 bridgehead atoms. The molecule has 0 aliphatic heterocycles. The quantitative estimate of drug-likeness (QED) is 0.761. The summed E-state index contributed by atoms with van der Waals surface area (Å²) < 4.78 is 69.4. The molecule has 25 heavy (non-hydrogen) atoms. The third kappa shape index (κ3) is 5.16. The van der Waals surface area contributed by atoms with Crippen molar-refractivity contribution in [2.24, 2.45) is 0 Å². The number of ether oxygens (including phenoxy) is 1. The van der Waals surface area contributed by atoms with Crippen LogP contribution >= 0.6 is 11.3 Å². The molecule has 0 unspecified atom stereocenters. The third-order valence-corrected chi connectivity index (χ3v) is 5.25. The zero-order valence-electron chi connectivity index (χ0n) is 12.8. The monoisotopic (exact) mass is 394 g/mol. The van der Waals surface area contributed by atoms with E-state index in [9.17, 15) is 26.4 Å². The summed E-state index contributed by atoms with van der Waals surface area (Å²) in [7, 11) is -4.24. The molecule has 0 aliphatic rings. The van der Waals surface area contributed by atoms with Crippen LogP contribution in [0.15, 0.2) is 35.4 Å². The summed E-state index contributed by atoms with van der Waals surface area (Å²) in [6.07, 6.45) is -3.43. The number of halogens is 3. The van der Waals surface area contributed by atoms with E-state index >= 15 is 0 Å². The first-order chi connectivity index (χ1) is 11.6. The lowest BCUT2D eigenvalue weighted by molar-refractivity contribution is -0.142. The fourth-order valence-corrected chi connectivity index (χ4v) is 3.89. The number of hydrogen-bond donors (Lipinski definition) is 1. The Morgan fingerprint density at radius 3 is 2.72 bits per heavy atom. The molecule has 0 atom stereocenters. The smallest absolute Gasteiger partial charge is 0.416 e. The third-order valence-electron chi connectivity index (χ3n) is 2.87. The van der Waals surface area contributed by atoms with Crippen molar-refractivity contribution in [1.82, 2.24) is 4.98 Å². The first-order valence-corrected chi connectivity index (χ1v) is 9.22. The number of anilines is 1. The zero-order valence-corrected chi connectivity index (χ0v) is 14.5. The molecule has 1 heterocycles. The molecule has 0 aliphatic carbocycles. The van der Waals surface area contributed by atoms with Crippen LogP contribution in [0.5, 0.6) is 0 Å². The summed E-state index contributed by atoms with van der Waals surface area (Å²) in [6, 6.07) is 3.37. The Bertz CT molecular complexity index is 863. The van der Waals surface area contributed by atoms with Gasteiger partial charge in [-0.1, -0.05) is 6.07 Å². The second-order valence-corrected chi connectivity index (χ2v) is 7.54. The molecule has 6 nitrogen and oxygen atoms in total. The van der Waals surface area contributed by atoms with E-state index in [2.05, 4.69) is 9.71 Å². The van der Waals surface area contributed by atoms with Gasteiger partial charge in [-0.15, -0.1) is 11.3 Å². The van der Waals surface area contributed by atoms with E-state index in [4.69, 9.17) is 4.74 Å². The maximum atomic E-state index is 12.7. The van der Waals surface area contributed by atoms with Crippen LogP contribution in [0.25, 0.3) is 0 Å². The average molecular weight is 394 g/mol. The fraction of sp³-hybridized carbons (Fsp3) is 0.286. The van der Waals surface area contributed by atoms with E-state index < -0.39 is 32.6 Å². The first-order valence-electron chi connectivity index (χ1n) is 6.92. The molecule has 136 valence electrons. The maximum Gasteiger partial charge on any atom is 0.416 e. The van der Waals surface area contributed by atoms with Gasteiger partial charge in [0.15, 0.2) is 5.13 Å². The van der Waals surface area contributed by atoms with Gasteiger partial charge in [0, 0.05) is 11.1 Å². The van der Waals surface area contributed by atoms with E-state index in [0.717, 1.165) is 29.5 Å². The fourth-order valence-electron chi connectivity index (χ4n) is 1.80. The van der Waals surface area contributed by atoms with Gasteiger partial charge in [0.25, 0.3) is 10.0 Å². The number of esters is 1. The summed E-state index contributed by atoms with van der Waals surface area (Å²) in [5, 5.41) is -0.0586. The highest BCUT2D eigenvalue weighted by Gasteiger charge is 2.31. The number of hydrogen-bond acceptors (Lipinski definition) is 6. The molecule has 1 aromatic heterocycles. The lowest BCUT2D eigenvalue weighted by Gasteiger charge is -2.09. The molecule has 1 N–H and O–H groups in total. The number of nitrogens with zero attached hydrogens (tertiary/aromatic N) is 1. The van der Waals surface area contributed by atoms with Crippen molar-refractivity contribution in [2.75, 3.05) is 11.3 Å². The maximum absolute atomic E-state index is 12.7. The number of thiazole rings is 1. The largest absolute Gasteiger partial charge is 0.466 e. The number of benzene rings is 1. The number of nitrogens with one attached hydrogen (secondary N) is 1. The van der Waals surface area contributed by atoms with Crippen LogP contribution in [-0.2, 0) is 32.2 Å². The van der Waals surface area contributed by atoms with Crippen molar-refractivity contribution in [3.05, 3.63) is 40.9 Å². The highest BCUT2D eigenvalue weighted by Crippen LogP contribution is 2.31. The summed E-state index contributed by atoms with van der Waals surface area (Å²) >= 11 is 0.894. The minimum atomic E-state index is -4.65. The van der Waals surface area contributed by atoms with Crippen molar-refractivity contribution in [3.8, 4) is 0 Å². The second kappa shape index (κ2) is 7.40. The van der Waals surface area contributed by atoms with Crippen molar-refractivity contribution < 1.29 is 31.1 Å². The predicted molar refractivity (Wildman–Crippen MR) is 84.7 cm³/mol. The van der Waals surface area contributed by atoms with Gasteiger partial charge in [-0.05, 0) is 25.1 Å².